The van der Waals surface area contributed by atoms with Gasteiger partial charge in [-0.15, -0.1) is 0 Å². The Bertz CT molecular complexity index is 679. The molecule has 0 aliphatic carbocycles. The van der Waals surface area contributed by atoms with Crippen molar-refractivity contribution in [3.8, 4) is 0 Å². The van der Waals surface area contributed by atoms with E-state index in [4.69, 9.17) is 0 Å². The lowest BCUT2D eigenvalue weighted by atomic mass is 10.4. The maximum Gasteiger partial charge on any atom is 0.329 e. The van der Waals surface area contributed by atoms with Crippen LogP contribution in [0.5, 0.6) is 0 Å². The van der Waals surface area contributed by atoms with Gasteiger partial charge in [0.05, 0.1) is 0 Å². The zero-order valence-electron chi connectivity index (χ0n) is 10.8. The minimum atomic E-state index is -0.448. The normalized spacial score (nSPS) is 11.1. The molecule has 18 heavy (non-hydrogen) atoms. The van der Waals surface area contributed by atoms with Crippen molar-refractivity contribution in [2.75, 3.05) is 11.9 Å². The Morgan fingerprint density at radius 1 is 1.33 bits per heavy atom. The summed E-state index contributed by atoms with van der Waals surface area (Å²) < 4.78 is 3.17. The van der Waals surface area contributed by atoms with Crippen LogP contribution >= 0.6 is 0 Å². The number of fused-ring (bicyclic) bond motifs is 1. The number of nitrogens with one attached hydrogen (secondary N) is 2. The number of aryl methyl sites for hydroxylation is 2. The monoisotopic (exact) mass is 251 g/mol. The molecule has 2 N–H and O–H groups in total. The minimum absolute atomic E-state index is 0.391. The van der Waals surface area contributed by atoms with E-state index >= 15 is 0 Å². The molecule has 0 saturated heterocycles. The van der Waals surface area contributed by atoms with Gasteiger partial charge >= 0.3 is 5.69 Å². The summed E-state index contributed by atoms with van der Waals surface area (Å²) in [5.41, 5.74) is 0.0120. The summed E-state index contributed by atoms with van der Waals surface area (Å²) in [4.78, 5) is 30.1. The van der Waals surface area contributed by atoms with Crippen molar-refractivity contribution in [1.82, 2.24) is 19.1 Å². The number of anilines is 1. The van der Waals surface area contributed by atoms with E-state index in [-0.39, 0.29) is 0 Å². The summed E-state index contributed by atoms with van der Waals surface area (Å²) in [6.07, 6.45) is 0.881. The summed E-state index contributed by atoms with van der Waals surface area (Å²) in [7, 11) is 1.60. The van der Waals surface area contributed by atoms with Crippen molar-refractivity contribution in [2.45, 2.75) is 26.8 Å². The van der Waals surface area contributed by atoms with Crippen LogP contribution in [0.3, 0.4) is 0 Å². The van der Waals surface area contributed by atoms with E-state index in [0.717, 1.165) is 6.42 Å². The Labute approximate surface area is 103 Å². The van der Waals surface area contributed by atoms with Gasteiger partial charge < -0.3 is 9.88 Å². The topological polar surface area (TPSA) is 84.7 Å². The van der Waals surface area contributed by atoms with Gasteiger partial charge in [-0.3, -0.25) is 14.3 Å². The number of hydrogen-bond acceptors (Lipinski definition) is 4. The van der Waals surface area contributed by atoms with Crippen LogP contribution in [0, 0.1) is 0 Å². The predicted molar refractivity (Wildman–Crippen MR) is 70.0 cm³/mol. The van der Waals surface area contributed by atoms with Gasteiger partial charge in [-0.25, -0.2) is 4.79 Å². The first-order valence-corrected chi connectivity index (χ1v) is 6.03. The zero-order chi connectivity index (χ0) is 13.3. The number of aromatic nitrogens is 4. The first kappa shape index (κ1) is 12.4. The Hall–Kier alpha value is -2.05. The highest BCUT2D eigenvalue weighted by molar-refractivity contribution is 5.74. The van der Waals surface area contributed by atoms with Crippen LogP contribution in [-0.2, 0) is 13.6 Å². The second-order valence-electron chi connectivity index (χ2n) is 4.11. The molecule has 0 aliphatic heterocycles. The second kappa shape index (κ2) is 4.67. The van der Waals surface area contributed by atoms with Gasteiger partial charge in [-0.1, -0.05) is 6.92 Å². The van der Waals surface area contributed by atoms with E-state index < -0.39 is 11.2 Å². The number of aromatic amines is 1. The number of imidazole rings is 1. The number of rotatable bonds is 4. The quantitative estimate of drug-likeness (QED) is 0.816. The lowest BCUT2D eigenvalue weighted by molar-refractivity contribution is 0.697. The molecule has 0 unspecified atom stereocenters. The molecule has 2 aromatic rings. The number of H-pyrrole nitrogens is 1. The summed E-state index contributed by atoms with van der Waals surface area (Å²) in [6, 6.07) is 0. The zero-order valence-corrected chi connectivity index (χ0v) is 10.8. The molecule has 2 aromatic heterocycles. The standard InChI is InChI=1S/C11H17N5O2/c1-4-6-16-7-8(13-10(16)12-5-2)15(3)11(18)14-9(7)17/h4-6H2,1-3H3,(H,12,13)(H,14,17,18). The molecule has 98 valence electrons. The van der Waals surface area contributed by atoms with Crippen LogP contribution in [0.1, 0.15) is 20.3 Å². The van der Waals surface area contributed by atoms with Gasteiger partial charge in [-0.2, -0.15) is 4.98 Å². The summed E-state index contributed by atoms with van der Waals surface area (Å²) in [5.74, 6) is 0.626. The van der Waals surface area contributed by atoms with Gasteiger partial charge in [0.2, 0.25) is 5.95 Å². The van der Waals surface area contributed by atoms with Gasteiger partial charge in [0.1, 0.15) is 0 Å². The molecule has 0 spiro atoms. The Kier molecular flexibility index (Phi) is 3.22. The van der Waals surface area contributed by atoms with E-state index in [0.29, 0.717) is 30.2 Å². The molecule has 7 nitrogen and oxygen atoms in total. The van der Waals surface area contributed by atoms with E-state index in [1.54, 1.807) is 7.05 Å². The second-order valence-corrected chi connectivity index (χ2v) is 4.11. The van der Waals surface area contributed by atoms with Crippen molar-refractivity contribution in [3.63, 3.8) is 0 Å². The maximum atomic E-state index is 11.9. The molecule has 0 aromatic carbocycles. The van der Waals surface area contributed by atoms with Crippen LogP contribution in [-0.4, -0.2) is 25.6 Å². The highest BCUT2D eigenvalue weighted by Gasteiger charge is 2.15. The maximum absolute atomic E-state index is 11.9. The average molecular weight is 251 g/mol. The molecule has 7 heteroatoms. The first-order chi connectivity index (χ1) is 8.60. The lowest BCUT2D eigenvalue weighted by Crippen LogP contribution is -2.29. The first-order valence-electron chi connectivity index (χ1n) is 6.03. The fourth-order valence-electron chi connectivity index (χ4n) is 1.97. The van der Waals surface area contributed by atoms with E-state index in [9.17, 15) is 9.59 Å². The Morgan fingerprint density at radius 2 is 2.06 bits per heavy atom. The lowest BCUT2D eigenvalue weighted by Gasteiger charge is -2.07. The van der Waals surface area contributed by atoms with Crippen LogP contribution in [0.25, 0.3) is 11.2 Å². The largest absolute Gasteiger partial charge is 0.356 e. The van der Waals surface area contributed by atoms with Crippen LogP contribution in [0.4, 0.5) is 5.95 Å². The Balaban J connectivity index is 2.84. The molecule has 0 radical (unpaired) electrons. The van der Waals surface area contributed by atoms with Gasteiger partial charge in [-0.05, 0) is 13.3 Å². The van der Waals surface area contributed by atoms with Gasteiger partial charge in [0.25, 0.3) is 5.56 Å². The fourth-order valence-corrected chi connectivity index (χ4v) is 1.97. The third-order valence-corrected chi connectivity index (χ3v) is 2.79. The SMILES string of the molecule is CCCn1c(NCC)nc2c1c(=O)[nH]c(=O)n2C. The molecule has 0 bridgehead atoms. The van der Waals surface area contributed by atoms with Crippen LogP contribution in [0.2, 0.25) is 0 Å². The van der Waals surface area contributed by atoms with E-state index in [1.807, 2.05) is 18.4 Å². The molecule has 2 rings (SSSR count). The van der Waals surface area contributed by atoms with Crippen LogP contribution in [0.15, 0.2) is 9.59 Å². The molecule has 0 amide bonds. The summed E-state index contributed by atoms with van der Waals surface area (Å²) >= 11 is 0. The highest BCUT2D eigenvalue weighted by atomic mass is 16.2. The van der Waals surface area contributed by atoms with E-state index in [2.05, 4.69) is 15.3 Å². The summed E-state index contributed by atoms with van der Waals surface area (Å²) in [5, 5.41) is 3.11. The van der Waals surface area contributed by atoms with Crippen LogP contribution < -0.4 is 16.6 Å². The minimum Gasteiger partial charge on any atom is -0.356 e. The van der Waals surface area contributed by atoms with Crippen molar-refractivity contribution in [2.24, 2.45) is 7.05 Å². The third-order valence-electron chi connectivity index (χ3n) is 2.79. The number of hydrogen-bond donors (Lipinski definition) is 2. The summed E-state index contributed by atoms with van der Waals surface area (Å²) in [6.45, 7) is 5.37. The van der Waals surface area contributed by atoms with E-state index in [1.165, 1.54) is 4.57 Å². The molecule has 2 heterocycles. The van der Waals surface area contributed by atoms with Crippen molar-refractivity contribution < 1.29 is 0 Å². The molecule has 0 aliphatic rings. The van der Waals surface area contributed by atoms with Crippen molar-refractivity contribution in [1.29, 1.82) is 0 Å². The smallest absolute Gasteiger partial charge is 0.329 e. The predicted octanol–water partition coefficient (Wildman–Crippen LogP) is 0.265. The molecule has 0 atom stereocenters. The third kappa shape index (κ3) is 1.81. The van der Waals surface area contributed by atoms with Crippen molar-refractivity contribution in [3.05, 3.63) is 20.8 Å². The molecule has 0 saturated carbocycles. The van der Waals surface area contributed by atoms with Gasteiger partial charge in [0.15, 0.2) is 11.2 Å². The fraction of sp³-hybridized carbons (Fsp3) is 0.545. The van der Waals surface area contributed by atoms with Crippen molar-refractivity contribution >= 4 is 17.1 Å². The highest BCUT2D eigenvalue weighted by Crippen LogP contribution is 2.15. The molecule has 0 fully saturated rings. The Morgan fingerprint density at radius 3 is 2.67 bits per heavy atom. The van der Waals surface area contributed by atoms with Gasteiger partial charge in [0, 0.05) is 20.1 Å². The molecular weight excluding hydrogens is 234 g/mol. The number of nitrogens with zero attached hydrogens (tertiary/aromatic N) is 3. The molecular formula is C11H17N5O2. The average Bonchev–Trinajstić information content (AvgIpc) is 2.67.